The minimum absolute atomic E-state index is 0.0548. The third kappa shape index (κ3) is 4.23. The molecule has 0 saturated heterocycles. The average Bonchev–Trinajstić information content (AvgIpc) is 3.50. The standard InChI is InChI=1S/C22H19ClF2N6O3S/c1-34-22-17(9-13(23)10-29-22)35(32,33)30-16-3-2-15(24)18(19(16)25)12-4-7-31-14(8-12)11-28-21(31)20-26-5-6-27-20/h2-3,5-6,9-12,30H,4,7-8H2,1H3,(H,26,27). The highest BCUT2D eigenvalue weighted by molar-refractivity contribution is 7.92. The van der Waals surface area contributed by atoms with Gasteiger partial charge in [-0.25, -0.2) is 32.2 Å². The number of rotatable bonds is 6. The van der Waals surface area contributed by atoms with Gasteiger partial charge in [-0.15, -0.1) is 0 Å². The van der Waals surface area contributed by atoms with Gasteiger partial charge in [0.15, 0.2) is 22.4 Å². The number of pyridine rings is 1. The van der Waals surface area contributed by atoms with E-state index in [-0.39, 0.29) is 21.4 Å². The third-order valence-electron chi connectivity index (χ3n) is 5.85. The summed E-state index contributed by atoms with van der Waals surface area (Å²) in [6.07, 6.45) is 6.94. The van der Waals surface area contributed by atoms with Crippen LogP contribution in [0.3, 0.4) is 0 Å². The van der Waals surface area contributed by atoms with Crippen LogP contribution < -0.4 is 9.46 Å². The van der Waals surface area contributed by atoms with Crippen LogP contribution in [0.5, 0.6) is 5.88 Å². The first-order valence-electron chi connectivity index (χ1n) is 10.5. The van der Waals surface area contributed by atoms with Crippen molar-refractivity contribution in [3.8, 4) is 17.5 Å². The number of imidazole rings is 2. The van der Waals surface area contributed by atoms with E-state index in [9.17, 15) is 12.8 Å². The van der Waals surface area contributed by atoms with Crippen LogP contribution in [-0.2, 0) is 23.0 Å². The molecule has 1 aliphatic rings. The van der Waals surface area contributed by atoms with Gasteiger partial charge in [-0.2, -0.15) is 0 Å². The van der Waals surface area contributed by atoms with E-state index >= 15 is 4.39 Å². The summed E-state index contributed by atoms with van der Waals surface area (Å²) in [6.45, 7) is 0.469. The number of halogens is 3. The van der Waals surface area contributed by atoms with Crippen LogP contribution >= 0.6 is 11.6 Å². The number of nitrogens with one attached hydrogen (secondary N) is 2. The highest BCUT2D eigenvalue weighted by atomic mass is 35.5. The van der Waals surface area contributed by atoms with Crippen LogP contribution in [0.2, 0.25) is 5.02 Å². The van der Waals surface area contributed by atoms with Gasteiger partial charge >= 0.3 is 0 Å². The lowest BCUT2D eigenvalue weighted by molar-refractivity contribution is 0.385. The molecule has 1 unspecified atom stereocenters. The molecule has 0 aliphatic carbocycles. The Morgan fingerprint density at radius 1 is 1.23 bits per heavy atom. The van der Waals surface area contributed by atoms with Crippen LogP contribution in [0, 0.1) is 11.6 Å². The number of methoxy groups -OCH3 is 1. The van der Waals surface area contributed by atoms with Crippen LogP contribution in [-0.4, -0.2) is 40.0 Å². The van der Waals surface area contributed by atoms with Gasteiger partial charge in [0.25, 0.3) is 10.0 Å². The first kappa shape index (κ1) is 23.2. The summed E-state index contributed by atoms with van der Waals surface area (Å²) < 4.78 is 65.5. The monoisotopic (exact) mass is 520 g/mol. The molecule has 0 fully saturated rings. The molecule has 4 aromatic rings. The fourth-order valence-electron chi connectivity index (χ4n) is 4.26. The summed E-state index contributed by atoms with van der Waals surface area (Å²) in [4.78, 5) is 15.1. The van der Waals surface area contributed by atoms with Gasteiger partial charge in [-0.05, 0) is 37.0 Å². The van der Waals surface area contributed by atoms with Crippen molar-refractivity contribution in [2.24, 2.45) is 0 Å². The van der Waals surface area contributed by atoms with Crippen molar-refractivity contribution in [3.63, 3.8) is 0 Å². The molecular formula is C22H19ClF2N6O3S. The van der Waals surface area contributed by atoms with Crippen molar-refractivity contribution in [1.29, 1.82) is 0 Å². The predicted molar refractivity (Wildman–Crippen MR) is 124 cm³/mol. The molecule has 3 aromatic heterocycles. The fourth-order valence-corrected chi connectivity index (χ4v) is 5.69. The zero-order valence-electron chi connectivity index (χ0n) is 18.3. The fraction of sp³-hybridized carbons (Fsp3) is 0.227. The Bertz CT molecular complexity index is 1510. The topological polar surface area (TPSA) is 115 Å². The van der Waals surface area contributed by atoms with Crippen LogP contribution in [0.25, 0.3) is 11.6 Å². The molecule has 0 amide bonds. The molecule has 35 heavy (non-hydrogen) atoms. The molecule has 182 valence electrons. The molecule has 5 rings (SSSR count). The van der Waals surface area contributed by atoms with Gasteiger partial charge in [0.1, 0.15) is 5.82 Å². The maximum Gasteiger partial charge on any atom is 0.267 e. The van der Waals surface area contributed by atoms with Gasteiger partial charge in [0.05, 0.1) is 17.8 Å². The molecule has 4 heterocycles. The number of sulfonamides is 1. The smallest absolute Gasteiger partial charge is 0.267 e. The zero-order valence-corrected chi connectivity index (χ0v) is 19.9. The largest absolute Gasteiger partial charge is 0.480 e. The quantitative estimate of drug-likeness (QED) is 0.395. The van der Waals surface area contributed by atoms with E-state index in [1.54, 1.807) is 18.6 Å². The van der Waals surface area contributed by atoms with E-state index in [1.165, 1.54) is 13.3 Å². The predicted octanol–water partition coefficient (Wildman–Crippen LogP) is 4.14. The summed E-state index contributed by atoms with van der Waals surface area (Å²) in [5, 5.41) is 0.0548. The number of fused-ring (bicyclic) bond motifs is 1. The Hall–Kier alpha value is -3.51. The third-order valence-corrected chi connectivity index (χ3v) is 7.42. The maximum atomic E-state index is 15.6. The maximum absolute atomic E-state index is 15.6. The molecule has 0 spiro atoms. The van der Waals surface area contributed by atoms with Gasteiger partial charge in [-0.1, -0.05) is 11.6 Å². The summed E-state index contributed by atoms with van der Waals surface area (Å²) in [6, 6.07) is 3.22. The minimum Gasteiger partial charge on any atom is -0.480 e. The number of hydrogen-bond donors (Lipinski definition) is 2. The summed E-state index contributed by atoms with van der Waals surface area (Å²) >= 11 is 5.89. The Balaban J connectivity index is 1.46. The van der Waals surface area contributed by atoms with E-state index < -0.39 is 33.3 Å². The van der Waals surface area contributed by atoms with Crippen molar-refractivity contribution < 1.29 is 21.9 Å². The van der Waals surface area contributed by atoms with E-state index in [1.807, 2.05) is 4.57 Å². The van der Waals surface area contributed by atoms with Crippen LogP contribution in [0.1, 0.15) is 23.6 Å². The number of ether oxygens (including phenoxy) is 1. The second-order valence-corrected chi connectivity index (χ2v) is 10.0. The lowest BCUT2D eigenvalue weighted by Gasteiger charge is -2.26. The molecule has 1 aliphatic heterocycles. The molecule has 1 aromatic carbocycles. The summed E-state index contributed by atoms with van der Waals surface area (Å²) in [5.41, 5.74) is 0.222. The van der Waals surface area contributed by atoms with Gasteiger partial charge in [0, 0.05) is 42.6 Å². The SMILES string of the molecule is COc1ncc(Cl)cc1S(=O)(=O)Nc1ccc(F)c(C2CCn3c(cnc3-c3ncc[nH]3)C2)c1F. The van der Waals surface area contributed by atoms with Gasteiger partial charge < -0.3 is 14.3 Å². The van der Waals surface area contributed by atoms with Crippen molar-refractivity contribution in [1.82, 2.24) is 24.5 Å². The summed E-state index contributed by atoms with van der Waals surface area (Å²) in [5.74, 6) is -1.21. The van der Waals surface area contributed by atoms with Crippen LogP contribution in [0.15, 0.2) is 47.9 Å². The van der Waals surface area contributed by atoms with E-state index in [0.717, 1.165) is 23.9 Å². The Labute approximate surface area is 204 Å². The van der Waals surface area contributed by atoms with Crippen LogP contribution in [0.4, 0.5) is 14.5 Å². The van der Waals surface area contributed by atoms with Crippen molar-refractivity contribution in [2.45, 2.75) is 30.2 Å². The lowest BCUT2D eigenvalue weighted by Crippen LogP contribution is -2.21. The van der Waals surface area contributed by atoms with Crippen molar-refractivity contribution in [3.05, 3.63) is 70.9 Å². The lowest BCUT2D eigenvalue weighted by atomic mass is 9.88. The van der Waals surface area contributed by atoms with E-state index in [4.69, 9.17) is 16.3 Å². The second-order valence-electron chi connectivity index (χ2n) is 7.94. The molecule has 0 bridgehead atoms. The van der Waals surface area contributed by atoms with E-state index in [2.05, 4.69) is 24.7 Å². The molecular weight excluding hydrogens is 502 g/mol. The first-order chi connectivity index (χ1) is 16.8. The molecule has 2 N–H and O–H groups in total. The Morgan fingerprint density at radius 2 is 2.06 bits per heavy atom. The van der Waals surface area contributed by atoms with Gasteiger partial charge in [-0.3, -0.25) is 4.72 Å². The average molecular weight is 521 g/mol. The van der Waals surface area contributed by atoms with Gasteiger partial charge in [0.2, 0.25) is 5.88 Å². The molecule has 0 radical (unpaired) electrons. The number of hydrogen-bond acceptors (Lipinski definition) is 6. The number of benzene rings is 1. The van der Waals surface area contributed by atoms with Crippen molar-refractivity contribution in [2.75, 3.05) is 11.8 Å². The molecule has 13 heteroatoms. The highest BCUT2D eigenvalue weighted by Gasteiger charge is 2.30. The summed E-state index contributed by atoms with van der Waals surface area (Å²) in [7, 11) is -3.09. The number of nitrogens with zero attached hydrogens (tertiary/aromatic N) is 4. The first-order valence-corrected chi connectivity index (χ1v) is 12.4. The van der Waals surface area contributed by atoms with Crippen molar-refractivity contribution >= 4 is 27.3 Å². The number of aromatic amines is 1. The molecule has 9 nitrogen and oxygen atoms in total. The molecule has 0 saturated carbocycles. The number of aromatic nitrogens is 5. The minimum atomic E-state index is -4.34. The normalized spacial score (nSPS) is 15.6. The molecule has 1 atom stereocenters. The Morgan fingerprint density at radius 3 is 2.80 bits per heavy atom. The zero-order chi connectivity index (χ0) is 24.7. The second kappa shape index (κ2) is 8.93. The number of H-pyrrole nitrogens is 1. The highest BCUT2D eigenvalue weighted by Crippen LogP contribution is 2.37. The number of anilines is 1. The van der Waals surface area contributed by atoms with E-state index in [0.29, 0.717) is 31.0 Å². The Kier molecular flexibility index (Phi) is 5.93.